The third kappa shape index (κ3) is 5.42. The Kier molecular flexibility index (Phi) is 6.93. The largest absolute Gasteiger partial charge is 0.618 e. The molecule has 8 heteroatoms. The standard InChI is InChI=1S/C26H22ClF2NO4/c27-19-8-9-20(25(28)29)21(13-19)18-7-10-23(30(34)14-18)22(11-15-1-2-15)24(31)12-16-3-5-17(6-4-16)26(32)33/h3-10,13-15,22,25H,1-2,11-12H2,(H,32,33). The van der Waals surface area contributed by atoms with Crippen LogP contribution in [0.4, 0.5) is 8.78 Å². The summed E-state index contributed by atoms with van der Waals surface area (Å²) in [5.41, 5.74) is 1.28. The lowest BCUT2D eigenvalue weighted by Gasteiger charge is -2.17. The molecule has 1 saturated carbocycles. The SMILES string of the molecule is O=C(O)c1ccc(CC(=O)C(CC2CC2)c2ccc(-c3cc(Cl)ccc3C(F)F)c[n+]2[O-])cc1. The van der Waals surface area contributed by atoms with Crippen molar-refractivity contribution in [2.45, 2.75) is 38.0 Å². The van der Waals surface area contributed by atoms with E-state index < -0.39 is 18.3 Å². The van der Waals surface area contributed by atoms with Crippen molar-refractivity contribution < 1.29 is 28.2 Å². The van der Waals surface area contributed by atoms with E-state index >= 15 is 0 Å². The molecular formula is C26H22ClF2NO4. The normalized spacial score (nSPS) is 14.2. The number of pyridine rings is 1. The van der Waals surface area contributed by atoms with E-state index in [0.29, 0.717) is 28.2 Å². The molecule has 0 spiro atoms. The summed E-state index contributed by atoms with van der Waals surface area (Å²) >= 11 is 6.00. The van der Waals surface area contributed by atoms with Gasteiger partial charge in [0.2, 0.25) is 5.69 Å². The van der Waals surface area contributed by atoms with Crippen molar-refractivity contribution in [2.75, 3.05) is 0 Å². The van der Waals surface area contributed by atoms with E-state index in [1.54, 1.807) is 18.2 Å². The number of hydrogen-bond donors (Lipinski definition) is 1. The lowest BCUT2D eigenvalue weighted by Crippen LogP contribution is -2.36. The van der Waals surface area contributed by atoms with E-state index in [9.17, 15) is 23.6 Å². The van der Waals surface area contributed by atoms with Gasteiger partial charge in [0, 0.05) is 28.6 Å². The van der Waals surface area contributed by atoms with Crippen LogP contribution in [-0.4, -0.2) is 16.9 Å². The maximum atomic E-state index is 13.5. The van der Waals surface area contributed by atoms with E-state index in [-0.39, 0.29) is 39.6 Å². The quantitative estimate of drug-likeness (QED) is 0.299. The molecule has 1 fully saturated rings. The minimum Gasteiger partial charge on any atom is -0.618 e. The van der Waals surface area contributed by atoms with Gasteiger partial charge in [-0.2, -0.15) is 4.73 Å². The van der Waals surface area contributed by atoms with Crippen LogP contribution in [0.2, 0.25) is 5.02 Å². The van der Waals surface area contributed by atoms with Gasteiger partial charge in [-0.25, -0.2) is 13.6 Å². The van der Waals surface area contributed by atoms with E-state index in [4.69, 9.17) is 16.7 Å². The molecule has 1 unspecified atom stereocenters. The van der Waals surface area contributed by atoms with Crippen LogP contribution < -0.4 is 4.73 Å². The number of nitrogens with zero attached hydrogens (tertiary/aromatic N) is 1. The molecule has 34 heavy (non-hydrogen) atoms. The fourth-order valence-corrected chi connectivity index (χ4v) is 4.26. The minimum absolute atomic E-state index is 0.0584. The van der Waals surface area contributed by atoms with Crippen molar-refractivity contribution in [1.29, 1.82) is 0 Å². The van der Waals surface area contributed by atoms with Gasteiger partial charge in [0.25, 0.3) is 6.43 Å². The Morgan fingerprint density at radius 2 is 1.79 bits per heavy atom. The highest BCUT2D eigenvalue weighted by molar-refractivity contribution is 6.30. The highest BCUT2D eigenvalue weighted by atomic mass is 35.5. The van der Waals surface area contributed by atoms with Crippen LogP contribution in [0.1, 0.15) is 58.8 Å². The number of carboxylic acids is 1. The number of hydrogen-bond acceptors (Lipinski definition) is 3. The van der Waals surface area contributed by atoms with Crippen molar-refractivity contribution >= 4 is 23.4 Å². The van der Waals surface area contributed by atoms with E-state index in [1.807, 2.05) is 0 Å². The summed E-state index contributed by atoms with van der Waals surface area (Å²) in [5, 5.41) is 22.3. The molecule has 0 bridgehead atoms. The molecule has 3 aromatic rings. The zero-order valence-corrected chi connectivity index (χ0v) is 18.8. The van der Waals surface area contributed by atoms with Gasteiger partial charge in [-0.3, -0.25) is 4.79 Å². The van der Waals surface area contributed by atoms with E-state index in [1.165, 1.54) is 42.6 Å². The van der Waals surface area contributed by atoms with Crippen LogP contribution in [0.25, 0.3) is 11.1 Å². The van der Waals surface area contributed by atoms with Crippen LogP contribution >= 0.6 is 11.6 Å². The minimum atomic E-state index is -2.73. The van der Waals surface area contributed by atoms with Gasteiger partial charge in [-0.15, -0.1) is 0 Å². The average Bonchev–Trinajstić information content (AvgIpc) is 3.62. The number of ketones is 1. The Labute approximate surface area is 200 Å². The van der Waals surface area contributed by atoms with Crippen LogP contribution in [-0.2, 0) is 11.2 Å². The number of carbonyl (C=O) groups is 2. The molecule has 1 aliphatic rings. The second-order valence-electron chi connectivity index (χ2n) is 8.58. The van der Waals surface area contributed by atoms with Crippen LogP contribution in [0.5, 0.6) is 0 Å². The number of alkyl halides is 2. The first-order valence-corrected chi connectivity index (χ1v) is 11.3. The number of rotatable bonds is 9. The summed E-state index contributed by atoms with van der Waals surface area (Å²) in [5.74, 6) is -1.48. The van der Waals surface area contributed by atoms with Crippen LogP contribution in [0, 0.1) is 11.1 Å². The molecule has 1 aliphatic carbocycles. The first kappa shape index (κ1) is 23.8. The Hall–Kier alpha value is -3.32. The number of halogens is 3. The second kappa shape index (κ2) is 9.89. The maximum absolute atomic E-state index is 13.5. The van der Waals surface area contributed by atoms with Crippen molar-refractivity contribution in [1.82, 2.24) is 0 Å². The summed E-state index contributed by atoms with van der Waals surface area (Å²) in [6, 6.07) is 13.2. The molecule has 1 aromatic heterocycles. The molecular weight excluding hydrogens is 464 g/mol. The molecule has 1 heterocycles. The summed E-state index contributed by atoms with van der Waals surface area (Å²) < 4.78 is 27.5. The summed E-state index contributed by atoms with van der Waals surface area (Å²) in [4.78, 5) is 24.3. The monoisotopic (exact) mass is 485 g/mol. The number of aromatic carboxylic acids is 1. The third-order valence-electron chi connectivity index (χ3n) is 6.10. The fraction of sp³-hybridized carbons (Fsp3) is 0.269. The van der Waals surface area contributed by atoms with Gasteiger partial charge in [-0.1, -0.05) is 42.6 Å². The first-order valence-electron chi connectivity index (χ1n) is 10.9. The number of aromatic nitrogens is 1. The first-order chi connectivity index (χ1) is 16.2. The lowest BCUT2D eigenvalue weighted by atomic mass is 9.89. The molecule has 0 aliphatic heterocycles. The van der Waals surface area contributed by atoms with Gasteiger partial charge < -0.3 is 10.3 Å². The van der Waals surface area contributed by atoms with Gasteiger partial charge in [-0.05, 0) is 53.8 Å². The van der Waals surface area contributed by atoms with Gasteiger partial charge in [0.1, 0.15) is 5.92 Å². The van der Waals surface area contributed by atoms with Crippen molar-refractivity contribution in [2.24, 2.45) is 5.92 Å². The maximum Gasteiger partial charge on any atom is 0.335 e. The Bertz CT molecular complexity index is 1230. The van der Waals surface area contributed by atoms with Gasteiger partial charge in [0.15, 0.2) is 12.0 Å². The Morgan fingerprint density at radius 1 is 1.09 bits per heavy atom. The summed E-state index contributed by atoms with van der Waals surface area (Å²) in [6.45, 7) is 0. The molecule has 0 radical (unpaired) electrons. The molecule has 5 nitrogen and oxygen atoms in total. The predicted octanol–water partition coefficient (Wildman–Crippen LogP) is 5.97. The number of benzene rings is 2. The van der Waals surface area contributed by atoms with E-state index in [0.717, 1.165) is 12.8 Å². The fourth-order valence-electron chi connectivity index (χ4n) is 4.08. The van der Waals surface area contributed by atoms with Crippen LogP contribution in [0.15, 0.2) is 60.8 Å². The third-order valence-corrected chi connectivity index (χ3v) is 6.33. The van der Waals surface area contributed by atoms with Crippen molar-refractivity contribution in [3.63, 3.8) is 0 Å². The lowest BCUT2D eigenvalue weighted by molar-refractivity contribution is -0.614. The smallest absolute Gasteiger partial charge is 0.335 e. The zero-order valence-electron chi connectivity index (χ0n) is 18.1. The van der Waals surface area contributed by atoms with Gasteiger partial charge in [0.05, 0.1) is 5.56 Å². The van der Waals surface area contributed by atoms with E-state index in [2.05, 4.69) is 0 Å². The predicted molar refractivity (Wildman–Crippen MR) is 123 cm³/mol. The molecule has 1 atom stereocenters. The Morgan fingerprint density at radius 3 is 2.38 bits per heavy atom. The zero-order chi connectivity index (χ0) is 24.4. The summed E-state index contributed by atoms with van der Waals surface area (Å²) in [6.07, 6.45) is 1.06. The molecule has 1 N–H and O–H groups in total. The topological polar surface area (TPSA) is 81.3 Å². The van der Waals surface area contributed by atoms with Crippen LogP contribution in [0.3, 0.4) is 0 Å². The van der Waals surface area contributed by atoms with Crippen molar-refractivity contribution in [3.05, 3.63) is 93.4 Å². The van der Waals surface area contributed by atoms with Gasteiger partial charge >= 0.3 is 5.97 Å². The molecule has 2 aromatic carbocycles. The van der Waals surface area contributed by atoms with Crippen molar-refractivity contribution in [3.8, 4) is 11.1 Å². The number of carboxylic acid groups (broad SMARTS) is 1. The molecule has 0 saturated heterocycles. The molecule has 4 rings (SSSR count). The Balaban J connectivity index is 1.62. The number of carbonyl (C=O) groups excluding carboxylic acids is 1. The molecule has 0 amide bonds. The number of Topliss-reactive ketones (excluding diaryl/α,β-unsaturated/α-hetero) is 1. The average molecular weight is 486 g/mol. The molecule has 176 valence electrons. The highest BCUT2D eigenvalue weighted by Crippen LogP contribution is 2.39. The highest BCUT2D eigenvalue weighted by Gasteiger charge is 2.34. The second-order valence-corrected chi connectivity index (χ2v) is 9.01. The summed E-state index contributed by atoms with van der Waals surface area (Å²) in [7, 11) is 0.